The van der Waals surface area contributed by atoms with Gasteiger partial charge >= 0.3 is 5.69 Å². The van der Waals surface area contributed by atoms with E-state index in [4.69, 9.17) is 10.5 Å². The summed E-state index contributed by atoms with van der Waals surface area (Å²) in [5, 5.41) is 32.4. The Hall–Kier alpha value is -2.11. The molecule has 5 N–H and O–H groups in total. The molecule has 1 aliphatic rings. The molecule has 0 unspecified atom stereocenters. The summed E-state index contributed by atoms with van der Waals surface area (Å²) >= 11 is 0. The monoisotopic (exact) mass is 289 g/mol. The van der Waals surface area contributed by atoms with Crippen LogP contribution in [0.3, 0.4) is 0 Å². The predicted molar refractivity (Wildman–Crippen MR) is 63.4 cm³/mol. The number of halogens is 1. The van der Waals surface area contributed by atoms with Gasteiger partial charge in [-0.1, -0.05) is 0 Å². The van der Waals surface area contributed by atoms with Gasteiger partial charge in [0.1, 0.15) is 31.3 Å². The van der Waals surface area contributed by atoms with Crippen LogP contribution in [0, 0.1) is 10.1 Å². The zero-order valence-corrected chi connectivity index (χ0v) is 10.0. The van der Waals surface area contributed by atoms with Gasteiger partial charge in [0.25, 0.3) is 0 Å². The summed E-state index contributed by atoms with van der Waals surface area (Å²) in [4.78, 5) is 17.2. The number of hydrogen-bond donors (Lipinski definition) is 4. The van der Waals surface area contributed by atoms with Crippen LogP contribution in [0.15, 0.2) is 6.33 Å². The summed E-state index contributed by atoms with van der Waals surface area (Å²) in [5.74, 6) is -0.666. The van der Waals surface area contributed by atoms with E-state index >= 15 is 0 Å². The molecule has 110 valence electrons. The molecule has 1 aliphatic heterocycles. The second-order valence-electron chi connectivity index (χ2n) is 4.09. The molecule has 1 aromatic heterocycles. The van der Waals surface area contributed by atoms with Crippen molar-refractivity contribution in [3.05, 3.63) is 16.4 Å². The molecule has 0 spiro atoms. The molecule has 0 radical (unpaired) electrons. The number of hydrogen-bond acceptors (Lipinski definition) is 9. The lowest BCUT2D eigenvalue weighted by atomic mass is 10.1. The Kier molecular flexibility index (Phi) is 3.92. The SMILES string of the molecule is Nc1ncnc(N[C@@H]2O[C@H](CF)[C@@H](O)[C@H]2O)c1[N+](=O)[O-]. The van der Waals surface area contributed by atoms with E-state index in [9.17, 15) is 24.7 Å². The van der Waals surface area contributed by atoms with Crippen molar-refractivity contribution in [2.45, 2.75) is 24.5 Å². The first-order chi connectivity index (χ1) is 9.45. The second kappa shape index (κ2) is 5.48. The minimum absolute atomic E-state index is 0.293. The van der Waals surface area contributed by atoms with E-state index in [-0.39, 0.29) is 11.6 Å². The van der Waals surface area contributed by atoms with Crippen molar-refractivity contribution in [3.63, 3.8) is 0 Å². The molecule has 0 aliphatic carbocycles. The number of aromatic nitrogens is 2. The van der Waals surface area contributed by atoms with Gasteiger partial charge in [-0.2, -0.15) is 0 Å². The summed E-state index contributed by atoms with van der Waals surface area (Å²) in [6.45, 7) is -1.01. The predicted octanol–water partition coefficient (Wildman–Crippen LogP) is -1.20. The van der Waals surface area contributed by atoms with Crippen LogP contribution in [0.25, 0.3) is 0 Å². The number of aliphatic hydroxyl groups is 2. The van der Waals surface area contributed by atoms with Gasteiger partial charge in [0.05, 0.1) is 4.92 Å². The summed E-state index contributed by atoms with van der Waals surface area (Å²) in [7, 11) is 0. The fraction of sp³-hybridized carbons (Fsp3) is 0.556. The zero-order valence-electron chi connectivity index (χ0n) is 10.0. The summed E-state index contributed by atoms with van der Waals surface area (Å²) in [5.41, 5.74) is 4.77. The minimum Gasteiger partial charge on any atom is -0.387 e. The average Bonchev–Trinajstić information content (AvgIpc) is 2.66. The Morgan fingerprint density at radius 1 is 1.50 bits per heavy atom. The molecule has 20 heavy (non-hydrogen) atoms. The first kappa shape index (κ1) is 14.3. The van der Waals surface area contributed by atoms with Crippen LogP contribution in [0.2, 0.25) is 0 Å². The van der Waals surface area contributed by atoms with Crippen molar-refractivity contribution in [2.75, 3.05) is 17.7 Å². The normalized spacial score (nSPS) is 29.4. The fourth-order valence-corrected chi connectivity index (χ4v) is 1.81. The van der Waals surface area contributed by atoms with E-state index in [0.29, 0.717) is 0 Å². The van der Waals surface area contributed by atoms with E-state index < -0.39 is 41.8 Å². The number of nitrogen functional groups attached to an aromatic ring is 1. The minimum atomic E-state index is -1.47. The summed E-state index contributed by atoms with van der Waals surface area (Å²) in [6.07, 6.45) is -4.41. The van der Waals surface area contributed by atoms with Gasteiger partial charge in [-0.05, 0) is 0 Å². The number of nitrogens with zero attached hydrogens (tertiary/aromatic N) is 3. The maximum atomic E-state index is 12.5. The van der Waals surface area contributed by atoms with E-state index in [1.807, 2.05) is 0 Å². The standard InChI is InChI=1S/C9H12FN5O5/c10-1-3-5(16)6(17)9(20-3)14-8-4(15(18)19)7(11)12-2-13-8/h2-3,5-6,9,16-17H,1H2,(H3,11,12,13,14)/t3-,5-,6-,9-/m1/s1. The van der Waals surface area contributed by atoms with Crippen LogP contribution in [0.4, 0.5) is 21.7 Å². The van der Waals surface area contributed by atoms with Gasteiger partial charge in [-0.3, -0.25) is 10.1 Å². The number of alkyl halides is 1. The third-order valence-corrected chi connectivity index (χ3v) is 2.83. The zero-order chi connectivity index (χ0) is 14.9. The molecule has 0 aromatic carbocycles. The smallest absolute Gasteiger partial charge is 0.353 e. The second-order valence-corrected chi connectivity index (χ2v) is 4.09. The molecule has 11 heteroatoms. The van der Waals surface area contributed by atoms with Gasteiger partial charge < -0.3 is 26.0 Å². The number of aliphatic hydroxyl groups excluding tert-OH is 2. The van der Waals surface area contributed by atoms with E-state index in [1.165, 1.54) is 0 Å². The number of nitro groups is 1. The highest BCUT2D eigenvalue weighted by atomic mass is 19.1. The van der Waals surface area contributed by atoms with E-state index in [2.05, 4.69) is 15.3 Å². The van der Waals surface area contributed by atoms with Crippen molar-refractivity contribution >= 4 is 17.3 Å². The summed E-state index contributed by atoms with van der Waals surface area (Å²) in [6, 6.07) is 0. The van der Waals surface area contributed by atoms with Crippen LogP contribution in [-0.4, -0.2) is 56.3 Å². The Bertz CT molecular complexity index is 518. The van der Waals surface area contributed by atoms with Crippen molar-refractivity contribution in [2.24, 2.45) is 0 Å². The highest BCUT2D eigenvalue weighted by Gasteiger charge is 2.43. The Morgan fingerprint density at radius 3 is 2.75 bits per heavy atom. The lowest BCUT2D eigenvalue weighted by Gasteiger charge is -2.16. The maximum Gasteiger partial charge on any atom is 0.353 e. The third kappa shape index (κ3) is 2.45. The number of anilines is 2. The van der Waals surface area contributed by atoms with Crippen molar-refractivity contribution in [1.29, 1.82) is 0 Å². The Labute approximate surface area is 111 Å². The van der Waals surface area contributed by atoms with Crippen LogP contribution in [-0.2, 0) is 4.74 Å². The Morgan fingerprint density at radius 2 is 2.20 bits per heavy atom. The molecule has 2 heterocycles. The lowest BCUT2D eigenvalue weighted by molar-refractivity contribution is -0.383. The lowest BCUT2D eigenvalue weighted by Crippen LogP contribution is -2.36. The maximum absolute atomic E-state index is 12.5. The first-order valence-electron chi connectivity index (χ1n) is 5.54. The fourth-order valence-electron chi connectivity index (χ4n) is 1.81. The Balaban J connectivity index is 2.23. The van der Waals surface area contributed by atoms with Gasteiger partial charge in [0.2, 0.25) is 11.6 Å². The van der Waals surface area contributed by atoms with Crippen molar-refractivity contribution in [1.82, 2.24) is 9.97 Å². The van der Waals surface area contributed by atoms with Crippen LogP contribution < -0.4 is 11.1 Å². The highest BCUT2D eigenvalue weighted by Crippen LogP contribution is 2.30. The molecule has 1 saturated heterocycles. The molecular formula is C9H12FN5O5. The third-order valence-electron chi connectivity index (χ3n) is 2.83. The van der Waals surface area contributed by atoms with Crippen molar-refractivity contribution < 1.29 is 24.3 Å². The van der Waals surface area contributed by atoms with Gasteiger partial charge in [0, 0.05) is 0 Å². The van der Waals surface area contributed by atoms with E-state index in [0.717, 1.165) is 6.33 Å². The van der Waals surface area contributed by atoms with Crippen molar-refractivity contribution in [3.8, 4) is 0 Å². The van der Waals surface area contributed by atoms with Crippen LogP contribution in [0.5, 0.6) is 0 Å². The molecule has 2 rings (SSSR count). The topological polar surface area (TPSA) is 157 Å². The van der Waals surface area contributed by atoms with Crippen LogP contribution in [0.1, 0.15) is 0 Å². The number of rotatable bonds is 4. The molecule has 10 nitrogen and oxygen atoms in total. The van der Waals surface area contributed by atoms with Gasteiger partial charge in [-0.15, -0.1) is 0 Å². The molecule has 0 amide bonds. The van der Waals surface area contributed by atoms with E-state index in [1.54, 1.807) is 0 Å². The molecule has 4 atom stereocenters. The molecular weight excluding hydrogens is 277 g/mol. The summed E-state index contributed by atoms with van der Waals surface area (Å²) < 4.78 is 17.5. The molecule has 0 saturated carbocycles. The number of nitrogens with two attached hydrogens (primary N) is 1. The van der Waals surface area contributed by atoms with Gasteiger partial charge in [-0.25, -0.2) is 14.4 Å². The molecule has 1 aromatic rings. The molecule has 0 bridgehead atoms. The average molecular weight is 289 g/mol. The number of ether oxygens (including phenoxy) is 1. The quantitative estimate of drug-likeness (QED) is 0.394. The molecule has 1 fully saturated rings. The highest BCUT2D eigenvalue weighted by molar-refractivity contribution is 5.67. The van der Waals surface area contributed by atoms with Gasteiger partial charge in [0.15, 0.2) is 6.23 Å². The largest absolute Gasteiger partial charge is 0.387 e. The first-order valence-corrected chi connectivity index (χ1v) is 5.54. The number of nitrogens with one attached hydrogen (secondary N) is 1. The van der Waals surface area contributed by atoms with Crippen LogP contribution >= 0.6 is 0 Å².